The summed E-state index contributed by atoms with van der Waals surface area (Å²) >= 11 is 9.13. The van der Waals surface area contributed by atoms with E-state index in [9.17, 15) is 0 Å². The molecule has 1 aliphatic heterocycles. The Hall–Kier alpha value is 0.200. The first kappa shape index (κ1) is 10.3. The molecule has 0 spiro atoms. The maximum absolute atomic E-state index is 5.50. The molecule has 4 heteroatoms. The average Bonchev–Trinajstić information content (AvgIpc) is 2.51. The van der Waals surface area contributed by atoms with Gasteiger partial charge < -0.3 is 9.64 Å². The first-order chi connectivity index (χ1) is 5.74. The lowest BCUT2D eigenvalue weighted by Gasteiger charge is -2.23. The van der Waals surface area contributed by atoms with Crippen LogP contribution in [0.25, 0.3) is 0 Å². The number of rotatable bonds is 3. The highest BCUT2D eigenvalue weighted by Crippen LogP contribution is 2.13. The van der Waals surface area contributed by atoms with Gasteiger partial charge in [-0.25, -0.2) is 0 Å². The molecule has 0 amide bonds. The van der Waals surface area contributed by atoms with Crippen molar-refractivity contribution in [3.63, 3.8) is 0 Å². The van der Waals surface area contributed by atoms with Crippen LogP contribution in [-0.2, 0) is 4.74 Å². The van der Waals surface area contributed by atoms with E-state index in [-0.39, 0.29) is 0 Å². The van der Waals surface area contributed by atoms with Crippen molar-refractivity contribution in [2.45, 2.75) is 25.9 Å². The lowest BCUT2D eigenvalue weighted by atomic mass is 10.2. The molecule has 1 atom stereocenters. The van der Waals surface area contributed by atoms with Crippen molar-refractivity contribution in [1.82, 2.24) is 4.90 Å². The van der Waals surface area contributed by atoms with Gasteiger partial charge in [0.25, 0.3) is 0 Å². The Morgan fingerprint density at radius 2 is 2.50 bits per heavy atom. The van der Waals surface area contributed by atoms with Crippen LogP contribution in [0.5, 0.6) is 0 Å². The van der Waals surface area contributed by atoms with Crippen LogP contribution in [0, 0.1) is 0 Å². The van der Waals surface area contributed by atoms with Crippen LogP contribution in [0.1, 0.15) is 19.8 Å². The second kappa shape index (κ2) is 5.04. The molecule has 70 valence electrons. The van der Waals surface area contributed by atoms with Crippen LogP contribution >= 0.6 is 24.8 Å². The van der Waals surface area contributed by atoms with E-state index in [0.717, 1.165) is 26.1 Å². The smallest absolute Gasteiger partial charge is 0.133 e. The molecule has 1 aliphatic rings. The van der Waals surface area contributed by atoms with Crippen molar-refractivity contribution in [3.05, 3.63) is 0 Å². The van der Waals surface area contributed by atoms with Gasteiger partial charge in [0.05, 0.1) is 6.10 Å². The summed E-state index contributed by atoms with van der Waals surface area (Å²) in [6.45, 7) is 4.81. The maximum Gasteiger partial charge on any atom is 0.133 e. The van der Waals surface area contributed by atoms with Crippen molar-refractivity contribution in [2.75, 3.05) is 19.7 Å². The number of hydrogen-bond acceptors (Lipinski definition) is 2. The molecule has 1 fully saturated rings. The third-order valence-corrected chi connectivity index (χ3v) is 2.64. The Labute approximate surface area is 84.7 Å². The molecule has 0 N–H and O–H groups in total. The van der Waals surface area contributed by atoms with Crippen LogP contribution in [-0.4, -0.2) is 35.0 Å². The minimum Gasteiger partial charge on any atom is -0.376 e. The number of nitrogens with zero attached hydrogens (tertiary/aromatic N) is 1. The number of ether oxygens (including phenoxy) is 1. The fraction of sp³-hybridized carbons (Fsp3) is 0.875. The highest BCUT2D eigenvalue weighted by molar-refractivity contribution is 8.10. The molecule has 0 aromatic rings. The van der Waals surface area contributed by atoms with Crippen LogP contribution in [0.2, 0.25) is 0 Å². The average molecular weight is 205 g/mol. The van der Waals surface area contributed by atoms with Crippen molar-refractivity contribution < 1.29 is 4.74 Å². The Kier molecular flexibility index (Phi) is 4.32. The summed E-state index contributed by atoms with van der Waals surface area (Å²) in [5, 5.41) is 0. The van der Waals surface area contributed by atoms with Gasteiger partial charge >= 0.3 is 0 Å². The van der Waals surface area contributed by atoms with Gasteiger partial charge in [0.15, 0.2) is 0 Å². The highest BCUT2D eigenvalue weighted by atomic mass is 32.1. The zero-order valence-corrected chi connectivity index (χ0v) is 9.03. The minimum atomic E-state index is 0.370. The van der Waals surface area contributed by atoms with E-state index < -0.39 is 0 Å². The van der Waals surface area contributed by atoms with E-state index in [2.05, 4.69) is 24.5 Å². The monoisotopic (exact) mass is 205 g/mol. The number of hydrogen-bond donors (Lipinski definition) is 1. The second-order valence-electron chi connectivity index (χ2n) is 2.96. The van der Waals surface area contributed by atoms with E-state index in [4.69, 9.17) is 17.0 Å². The van der Waals surface area contributed by atoms with Crippen molar-refractivity contribution in [3.8, 4) is 0 Å². The van der Waals surface area contributed by atoms with Crippen molar-refractivity contribution >= 4 is 29.2 Å². The van der Waals surface area contributed by atoms with Gasteiger partial charge in [0.1, 0.15) is 4.32 Å². The van der Waals surface area contributed by atoms with E-state index in [1.165, 1.54) is 6.42 Å². The molecular weight excluding hydrogens is 190 g/mol. The summed E-state index contributed by atoms with van der Waals surface area (Å²) in [6, 6.07) is 0. The molecule has 1 rings (SSSR count). The quantitative estimate of drug-likeness (QED) is 0.556. The first-order valence-corrected chi connectivity index (χ1v) is 5.19. The van der Waals surface area contributed by atoms with Gasteiger partial charge in [0.2, 0.25) is 0 Å². The molecule has 1 unspecified atom stereocenters. The van der Waals surface area contributed by atoms with Gasteiger partial charge in [-0.15, -0.1) is 12.6 Å². The van der Waals surface area contributed by atoms with Gasteiger partial charge in [-0.05, 0) is 19.8 Å². The molecule has 0 aliphatic carbocycles. The molecule has 2 nitrogen and oxygen atoms in total. The standard InChI is InChI=1S/C8H15NOS2/c1-2-9(8(11)12)6-7-4-3-5-10-7/h7H,2-6H2,1H3,(H,11,12). The first-order valence-electron chi connectivity index (χ1n) is 4.33. The molecule has 0 aromatic carbocycles. The summed E-state index contributed by atoms with van der Waals surface area (Å²) in [6.07, 6.45) is 2.71. The summed E-state index contributed by atoms with van der Waals surface area (Å²) in [7, 11) is 0. The van der Waals surface area contributed by atoms with Gasteiger partial charge in [-0.1, -0.05) is 12.2 Å². The molecule has 0 saturated carbocycles. The van der Waals surface area contributed by atoms with Crippen LogP contribution in [0.4, 0.5) is 0 Å². The van der Waals surface area contributed by atoms with E-state index in [1.807, 2.05) is 0 Å². The minimum absolute atomic E-state index is 0.370. The molecule has 1 saturated heterocycles. The summed E-state index contributed by atoms with van der Waals surface area (Å²) in [5.41, 5.74) is 0. The summed E-state index contributed by atoms with van der Waals surface area (Å²) < 4.78 is 6.17. The fourth-order valence-electron chi connectivity index (χ4n) is 1.38. The maximum atomic E-state index is 5.50. The van der Waals surface area contributed by atoms with Gasteiger partial charge in [-0.3, -0.25) is 0 Å². The molecule has 12 heavy (non-hydrogen) atoms. The van der Waals surface area contributed by atoms with Gasteiger partial charge in [0, 0.05) is 19.7 Å². The second-order valence-corrected chi connectivity index (χ2v) is 4.07. The van der Waals surface area contributed by atoms with Crippen LogP contribution in [0.3, 0.4) is 0 Å². The van der Waals surface area contributed by atoms with E-state index >= 15 is 0 Å². The fourth-order valence-corrected chi connectivity index (χ4v) is 1.80. The lowest BCUT2D eigenvalue weighted by molar-refractivity contribution is 0.0934. The topological polar surface area (TPSA) is 12.5 Å². The zero-order valence-electron chi connectivity index (χ0n) is 7.32. The zero-order chi connectivity index (χ0) is 8.97. The molecule has 1 heterocycles. The predicted molar refractivity (Wildman–Crippen MR) is 57.8 cm³/mol. The van der Waals surface area contributed by atoms with Crippen LogP contribution < -0.4 is 0 Å². The molecule has 0 aromatic heterocycles. The summed E-state index contributed by atoms with van der Waals surface area (Å²) in [4.78, 5) is 2.06. The van der Waals surface area contributed by atoms with Crippen LogP contribution in [0.15, 0.2) is 0 Å². The number of thiol groups is 1. The molecular formula is C8H15NOS2. The number of thiocarbonyl (C=S) groups is 1. The largest absolute Gasteiger partial charge is 0.376 e. The summed E-state index contributed by atoms with van der Waals surface area (Å²) in [5.74, 6) is 0. The Bertz CT molecular complexity index is 157. The van der Waals surface area contributed by atoms with Crippen molar-refractivity contribution in [2.24, 2.45) is 0 Å². The Balaban J connectivity index is 2.30. The van der Waals surface area contributed by atoms with Gasteiger partial charge in [-0.2, -0.15) is 0 Å². The third kappa shape index (κ3) is 2.92. The highest BCUT2D eigenvalue weighted by Gasteiger charge is 2.18. The molecule has 0 bridgehead atoms. The lowest BCUT2D eigenvalue weighted by Crippen LogP contribution is -2.33. The predicted octanol–water partition coefficient (Wildman–Crippen LogP) is 1.70. The van der Waals surface area contributed by atoms with E-state index in [1.54, 1.807) is 0 Å². The normalized spacial score (nSPS) is 22.7. The Morgan fingerprint density at radius 3 is 2.92 bits per heavy atom. The number of likely N-dealkylation sites (N-methyl/N-ethyl adjacent to an activating group) is 1. The Morgan fingerprint density at radius 1 is 1.75 bits per heavy atom. The SMILES string of the molecule is CCN(CC1CCCO1)C(=S)S. The van der Waals surface area contributed by atoms with E-state index in [0.29, 0.717) is 10.4 Å². The third-order valence-electron chi connectivity index (χ3n) is 2.10. The van der Waals surface area contributed by atoms with Crippen molar-refractivity contribution in [1.29, 1.82) is 0 Å². The molecule has 0 radical (unpaired) electrons.